The Hall–Kier alpha value is 0.246. The first kappa shape index (κ1) is 31.3. The predicted molar refractivity (Wildman–Crippen MR) is 135 cm³/mol. The van der Waals surface area contributed by atoms with Crippen molar-refractivity contribution >= 4 is 20.9 Å². The summed E-state index contributed by atoms with van der Waals surface area (Å²) in [5.41, 5.74) is 2.00. The molecular formula is C28H43KO3S. The Morgan fingerprint density at radius 1 is 0.636 bits per heavy atom. The van der Waals surface area contributed by atoms with Crippen molar-refractivity contribution in [1.82, 2.24) is 0 Å². The molecule has 0 saturated heterocycles. The molecule has 0 amide bonds. The van der Waals surface area contributed by atoms with Gasteiger partial charge in [0.1, 0.15) is 10.1 Å². The van der Waals surface area contributed by atoms with Crippen LogP contribution in [0.25, 0.3) is 10.8 Å². The molecular weight excluding hydrogens is 455 g/mol. The second-order valence-electron chi connectivity index (χ2n) is 9.25. The molecule has 0 atom stereocenters. The number of hydrogen-bond acceptors (Lipinski definition) is 3. The Bertz CT molecular complexity index is 909. The van der Waals surface area contributed by atoms with Crippen LogP contribution in [0.5, 0.6) is 0 Å². The van der Waals surface area contributed by atoms with Gasteiger partial charge in [-0.3, -0.25) is 0 Å². The average Bonchev–Trinajstić information content (AvgIpc) is 2.77. The van der Waals surface area contributed by atoms with E-state index in [-0.39, 0.29) is 56.3 Å². The molecule has 33 heavy (non-hydrogen) atoms. The summed E-state index contributed by atoms with van der Waals surface area (Å²) in [7, 11) is -4.47. The van der Waals surface area contributed by atoms with E-state index in [0.29, 0.717) is 6.42 Å². The van der Waals surface area contributed by atoms with E-state index in [0.717, 1.165) is 42.0 Å². The maximum atomic E-state index is 12.0. The molecule has 180 valence electrons. The van der Waals surface area contributed by atoms with Gasteiger partial charge in [-0.1, -0.05) is 115 Å². The number of unbranched alkanes of at least 4 members (excludes halogenated alkanes) is 12. The maximum absolute atomic E-state index is 12.0. The van der Waals surface area contributed by atoms with Crippen LogP contribution in [0.4, 0.5) is 0 Å². The fourth-order valence-electron chi connectivity index (χ4n) is 4.71. The Balaban J connectivity index is 0.00000544. The van der Waals surface area contributed by atoms with Gasteiger partial charge in [0.05, 0.1) is 4.90 Å². The maximum Gasteiger partial charge on any atom is 1.00 e. The molecule has 2 rings (SSSR count). The zero-order valence-electron chi connectivity index (χ0n) is 21.3. The van der Waals surface area contributed by atoms with Crippen molar-refractivity contribution in [2.45, 2.75) is 121 Å². The van der Waals surface area contributed by atoms with Gasteiger partial charge in [0.15, 0.2) is 0 Å². The van der Waals surface area contributed by atoms with Crippen molar-refractivity contribution in [1.29, 1.82) is 0 Å². The molecule has 0 aliphatic heterocycles. The zero-order chi connectivity index (χ0) is 23.2. The molecule has 2 aromatic carbocycles. The average molecular weight is 499 g/mol. The van der Waals surface area contributed by atoms with Gasteiger partial charge in [-0.15, -0.1) is 0 Å². The second kappa shape index (κ2) is 17.6. The number of hydrogen-bond donors (Lipinski definition) is 0. The Labute approximate surface area is 245 Å². The molecule has 0 unspecified atom stereocenters. The van der Waals surface area contributed by atoms with E-state index in [1.165, 1.54) is 76.2 Å². The molecule has 0 aliphatic rings. The summed E-state index contributed by atoms with van der Waals surface area (Å²) >= 11 is 0. The van der Waals surface area contributed by atoms with Crippen LogP contribution in [0.2, 0.25) is 0 Å². The molecule has 0 radical (unpaired) electrons. The van der Waals surface area contributed by atoms with E-state index in [2.05, 4.69) is 19.9 Å². The fourth-order valence-corrected chi connectivity index (χ4v) is 5.46. The SMILES string of the molecule is CCCCCCCCCc1cccc2c(CCCCCCCCC)c(S(=O)(=O)[O-])ccc12.[K+]. The minimum Gasteiger partial charge on any atom is -0.744 e. The Morgan fingerprint density at radius 2 is 1.15 bits per heavy atom. The Kier molecular flexibility index (Phi) is 16.7. The van der Waals surface area contributed by atoms with Gasteiger partial charge >= 0.3 is 51.4 Å². The zero-order valence-corrected chi connectivity index (χ0v) is 25.3. The topological polar surface area (TPSA) is 57.2 Å². The van der Waals surface area contributed by atoms with Crippen LogP contribution in [-0.4, -0.2) is 13.0 Å². The van der Waals surface area contributed by atoms with Gasteiger partial charge in [0, 0.05) is 0 Å². The molecule has 3 nitrogen and oxygen atoms in total. The molecule has 0 aliphatic carbocycles. The first-order valence-corrected chi connectivity index (χ1v) is 14.4. The monoisotopic (exact) mass is 498 g/mol. The molecule has 0 aromatic heterocycles. The van der Waals surface area contributed by atoms with E-state index in [4.69, 9.17) is 0 Å². The fraction of sp³-hybridized carbons (Fsp3) is 0.643. The molecule has 0 fully saturated rings. The van der Waals surface area contributed by atoms with Crippen molar-refractivity contribution in [3.05, 3.63) is 41.5 Å². The van der Waals surface area contributed by atoms with Gasteiger partial charge in [-0.25, -0.2) is 8.42 Å². The molecule has 0 N–H and O–H groups in total. The summed E-state index contributed by atoms with van der Waals surface area (Å²) in [5, 5.41) is 2.07. The van der Waals surface area contributed by atoms with Crippen LogP contribution in [0.1, 0.15) is 115 Å². The van der Waals surface area contributed by atoms with E-state index in [1.807, 2.05) is 18.2 Å². The van der Waals surface area contributed by atoms with E-state index >= 15 is 0 Å². The quantitative estimate of drug-likeness (QED) is 0.168. The third kappa shape index (κ3) is 11.2. The smallest absolute Gasteiger partial charge is 0.744 e. The first-order valence-electron chi connectivity index (χ1n) is 13.0. The molecule has 0 spiro atoms. The van der Waals surface area contributed by atoms with Crippen LogP contribution < -0.4 is 51.4 Å². The van der Waals surface area contributed by atoms with Crippen LogP contribution in [-0.2, 0) is 23.0 Å². The van der Waals surface area contributed by atoms with Crippen molar-refractivity contribution in [2.24, 2.45) is 0 Å². The number of aryl methyl sites for hydroxylation is 2. The van der Waals surface area contributed by atoms with E-state index in [1.54, 1.807) is 6.07 Å². The number of rotatable bonds is 17. The minimum atomic E-state index is -4.47. The predicted octanol–water partition coefficient (Wildman–Crippen LogP) is 5.33. The van der Waals surface area contributed by atoms with Gasteiger partial charge in [0.2, 0.25) is 0 Å². The minimum absolute atomic E-state index is 0. The summed E-state index contributed by atoms with van der Waals surface area (Å²) < 4.78 is 35.9. The second-order valence-corrected chi connectivity index (χ2v) is 10.6. The van der Waals surface area contributed by atoms with Crippen LogP contribution in [0.15, 0.2) is 35.2 Å². The van der Waals surface area contributed by atoms with E-state index in [9.17, 15) is 13.0 Å². The van der Waals surface area contributed by atoms with Crippen molar-refractivity contribution < 1.29 is 64.4 Å². The molecule has 0 heterocycles. The summed E-state index contributed by atoms with van der Waals surface area (Å²) in [6.45, 7) is 4.46. The van der Waals surface area contributed by atoms with Gasteiger partial charge in [-0.2, -0.15) is 0 Å². The van der Waals surface area contributed by atoms with Crippen LogP contribution in [0.3, 0.4) is 0 Å². The normalized spacial score (nSPS) is 11.6. The van der Waals surface area contributed by atoms with E-state index < -0.39 is 10.1 Å². The standard InChI is InChI=1S/C28H44O3S.K/c1-3-5-7-9-11-13-15-18-24-19-17-21-26-25(24)22-23-28(32(29,30)31)27(26)20-16-14-12-10-8-6-4-2;/h17,19,21-23H,3-16,18,20H2,1-2H3,(H,29,30,31);/q;+1/p-1. The van der Waals surface area contributed by atoms with Crippen LogP contribution >= 0.6 is 0 Å². The number of fused-ring (bicyclic) bond motifs is 1. The summed E-state index contributed by atoms with van der Waals surface area (Å²) in [6.07, 6.45) is 18.8. The third-order valence-corrected chi connectivity index (χ3v) is 7.49. The number of benzene rings is 2. The van der Waals surface area contributed by atoms with Crippen LogP contribution in [0, 0.1) is 0 Å². The Morgan fingerprint density at radius 3 is 1.70 bits per heavy atom. The van der Waals surface area contributed by atoms with Gasteiger partial charge in [-0.05, 0) is 53.6 Å². The molecule has 2 aromatic rings. The van der Waals surface area contributed by atoms with Gasteiger partial charge in [0.25, 0.3) is 0 Å². The summed E-state index contributed by atoms with van der Waals surface area (Å²) in [4.78, 5) is -0.0240. The van der Waals surface area contributed by atoms with Gasteiger partial charge < -0.3 is 4.55 Å². The summed E-state index contributed by atoms with van der Waals surface area (Å²) in [5.74, 6) is 0. The molecule has 5 heteroatoms. The van der Waals surface area contributed by atoms with Crippen molar-refractivity contribution in [2.75, 3.05) is 0 Å². The molecule has 0 bridgehead atoms. The van der Waals surface area contributed by atoms with Crippen molar-refractivity contribution in [3.63, 3.8) is 0 Å². The largest absolute Gasteiger partial charge is 1.00 e. The molecule has 0 saturated carbocycles. The van der Waals surface area contributed by atoms with Crippen molar-refractivity contribution in [3.8, 4) is 0 Å². The third-order valence-electron chi connectivity index (χ3n) is 6.57. The summed E-state index contributed by atoms with van der Waals surface area (Å²) in [6, 6.07) is 9.58. The first-order chi connectivity index (χ1) is 15.5.